The molecule has 1 aliphatic heterocycles. The summed E-state index contributed by atoms with van der Waals surface area (Å²) in [7, 11) is 0. The van der Waals surface area contributed by atoms with Gasteiger partial charge in [-0.1, -0.05) is 27.7 Å². The Kier molecular flexibility index (Phi) is 2.61. The molecular weight excluding hydrogens is 210 g/mol. The van der Waals surface area contributed by atoms with Gasteiger partial charge in [-0.05, 0) is 30.6 Å². The van der Waals surface area contributed by atoms with Crippen LogP contribution in [0.25, 0.3) is 0 Å². The smallest absolute Gasteiger partial charge is 0.0685 e. The molecule has 1 saturated heterocycles. The molecule has 3 aliphatic rings. The lowest BCUT2D eigenvalue weighted by Crippen LogP contribution is -2.66. The lowest BCUT2D eigenvalue weighted by molar-refractivity contribution is -0.113. The van der Waals surface area contributed by atoms with E-state index in [0.29, 0.717) is 23.0 Å². The molecule has 2 nitrogen and oxygen atoms in total. The molecule has 3 atom stereocenters. The fourth-order valence-corrected chi connectivity index (χ4v) is 4.17. The highest BCUT2D eigenvalue weighted by molar-refractivity contribution is 5.12. The number of hydrogen-bond acceptors (Lipinski definition) is 2. The molecule has 98 valence electrons. The van der Waals surface area contributed by atoms with Gasteiger partial charge < -0.3 is 10.1 Å². The molecule has 2 aliphatic carbocycles. The summed E-state index contributed by atoms with van der Waals surface area (Å²) in [5.74, 6) is 1.61. The first-order valence-electron chi connectivity index (χ1n) is 7.32. The Morgan fingerprint density at radius 2 is 2.00 bits per heavy atom. The lowest BCUT2D eigenvalue weighted by Gasteiger charge is -2.55. The van der Waals surface area contributed by atoms with Gasteiger partial charge in [-0.3, -0.25) is 0 Å². The Bertz CT molecular complexity index is 306. The van der Waals surface area contributed by atoms with Crippen molar-refractivity contribution in [1.29, 1.82) is 0 Å². The van der Waals surface area contributed by atoms with E-state index in [-0.39, 0.29) is 0 Å². The van der Waals surface area contributed by atoms with Crippen LogP contribution in [-0.2, 0) is 4.74 Å². The largest absolute Gasteiger partial charge is 0.377 e. The van der Waals surface area contributed by atoms with Crippen molar-refractivity contribution in [3.8, 4) is 0 Å². The molecule has 3 unspecified atom stereocenters. The average Bonchev–Trinajstić information content (AvgIpc) is 2.90. The molecule has 0 radical (unpaired) electrons. The van der Waals surface area contributed by atoms with Gasteiger partial charge in [-0.15, -0.1) is 0 Å². The van der Waals surface area contributed by atoms with E-state index in [1.165, 1.54) is 25.8 Å². The minimum atomic E-state index is 0.341. The van der Waals surface area contributed by atoms with Crippen molar-refractivity contribution in [2.24, 2.45) is 22.7 Å². The fourth-order valence-electron chi connectivity index (χ4n) is 4.17. The monoisotopic (exact) mass is 237 g/mol. The normalized spacial score (nSPS) is 41.1. The highest BCUT2D eigenvalue weighted by Crippen LogP contribution is 2.55. The molecule has 3 rings (SSSR count). The first kappa shape index (κ1) is 12.0. The molecule has 1 heterocycles. The van der Waals surface area contributed by atoms with Gasteiger partial charge in [0.25, 0.3) is 0 Å². The number of rotatable bonds is 4. The molecular formula is C15H27NO. The average molecular weight is 237 g/mol. The van der Waals surface area contributed by atoms with E-state index in [1.807, 2.05) is 0 Å². The van der Waals surface area contributed by atoms with Crippen molar-refractivity contribution >= 4 is 0 Å². The van der Waals surface area contributed by atoms with Gasteiger partial charge >= 0.3 is 0 Å². The second-order valence-electron chi connectivity index (χ2n) is 7.44. The summed E-state index contributed by atoms with van der Waals surface area (Å²) < 4.78 is 5.85. The van der Waals surface area contributed by atoms with Gasteiger partial charge in [0, 0.05) is 30.5 Å². The molecule has 0 amide bonds. The Balaban J connectivity index is 1.59. The van der Waals surface area contributed by atoms with Crippen LogP contribution in [0.5, 0.6) is 0 Å². The third-order valence-corrected chi connectivity index (χ3v) is 5.89. The molecule has 0 spiro atoms. The molecule has 17 heavy (non-hydrogen) atoms. The van der Waals surface area contributed by atoms with Crippen LogP contribution in [0, 0.1) is 22.7 Å². The molecule has 0 bridgehead atoms. The molecule has 0 aromatic rings. The van der Waals surface area contributed by atoms with E-state index in [0.717, 1.165) is 18.4 Å². The standard InChI is InChI=1S/C15H27NO/c1-10(2)15(6-7-15)9-16-12-11-5-8-17-13(11)14(12,3)4/h10-13,16H,5-9H2,1-4H3. The SMILES string of the molecule is CC(C)C1(CNC2C3CCOC3C2(C)C)CC1. The summed E-state index contributed by atoms with van der Waals surface area (Å²) in [6, 6.07) is 0.686. The van der Waals surface area contributed by atoms with Gasteiger partial charge in [-0.2, -0.15) is 0 Å². The predicted octanol–water partition coefficient (Wildman–Crippen LogP) is 2.83. The van der Waals surface area contributed by atoms with Crippen LogP contribution in [0.3, 0.4) is 0 Å². The van der Waals surface area contributed by atoms with E-state index in [1.54, 1.807) is 0 Å². The number of nitrogens with one attached hydrogen (secondary N) is 1. The maximum Gasteiger partial charge on any atom is 0.0685 e. The van der Waals surface area contributed by atoms with Crippen molar-refractivity contribution in [3.63, 3.8) is 0 Å². The first-order valence-corrected chi connectivity index (χ1v) is 7.32. The zero-order chi connectivity index (χ0) is 12.3. The summed E-state index contributed by atoms with van der Waals surface area (Å²) in [6.45, 7) is 11.7. The fraction of sp³-hybridized carbons (Fsp3) is 1.00. The second-order valence-corrected chi connectivity index (χ2v) is 7.44. The van der Waals surface area contributed by atoms with Crippen LogP contribution in [0.1, 0.15) is 47.0 Å². The predicted molar refractivity (Wildman–Crippen MR) is 69.9 cm³/mol. The van der Waals surface area contributed by atoms with Gasteiger partial charge in [0.05, 0.1) is 6.10 Å². The van der Waals surface area contributed by atoms with Crippen LogP contribution in [0.4, 0.5) is 0 Å². The highest BCUT2D eigenvalue weighted by atomic mass is 16.5. The molecule has 0 aromatic carbocycles. The Labute approximate surface area is 105 Å². The van der Waals surface area contributed by atoms with Gasteiger partial charge in [-0.25, -0.2) is 0 Å². The third-order valence-electron chi connectivity index (χ3n) is 5.89. The van der Waals surface area contributed by atoms with E-state index < -0.39 is 0 Å². The van der Waals surface area contributed by atoms with Crippen molar-refractivity contribution < 1.29 is 4.74 Å². The summed E-state index contributed by atoms with van der Waals surface area (Å²) in [5.41, 5.74) is 0.967. The summed E-state index contributed by atoms with van der Waals surface area (Å²) in [5, 5.41) is 3.88. The maximum atomic E-state index is 5.85. The molecule has 1 N–H and O–H groups in total. The molecule has 2 heteroatoms. The topological polar surface area (TPSA) is 21.3 Å². The summed E-state index contributed by atoms with van der Waals surface area (Å²) >= 11 is 0. The Morgan fingerprint density at radius 3 is 2.59 bits per heavy atom. The first-order chi connectivity index (χ1) is 7.97. The third kappa shape index (κ3) is 1.67. The van der Waals surface area contributed by atoms with Crippen LogP contribution >= 0.6 is 0 Å². The van der Waals surface area contributed by atoms with E-state index in [4.69, 9.17) is 4.74 Å². The minimum Gasteiger partial charge on any atom is -0.377 e. The maximum absolute atomic E-state index is 5.85. The Hall–Kier alpha value is -0.0800. The lowest BCUT2D eigenvalue weighted by atomic mass is 9.57. The van der Waals surface area contributed by atoms with Crippen LogP contribution in [-0.4, -0.2) is 25.3 Å². The van der Waals surface area contributed by atoms with Gasteiger partial charge in [0.2, 0.25) is 0 Å². The second kappa shape index (κ2) is 3.71. The summed E-state index contributed by atoms with van der Waals surface area (Å²) in [4.78, 5) is 0. The van der Waals surface area contributed by atoms with Crippen molar-refractivity contribution in [1.82, 2.24) is 5.32 Å². The van der Waals surface area contributed by atoms with Crippen LogP contribution in [0.2, 0.25) is 0 Å². The van der Waals surface area contributed by atoms with Crippen molar-refractivity contribution in [2.45, 2.75) is 59.1 Å². The van der Waals surface area contributed by atoms with Crippen molar-refractivity contribution in [3.05, 3.63) is 0 Å². The van der Waals surface area contributed by atoms with Gasteiger partial charge in [0.1, 0.15) is 0 Å². The summed E-state index contributed by atoms with van der Waals surface area (Å²) in [6.07, 6.45) is 4.64. The molecule has 3 fully saturated rings. The molecule has 0 aromatic heterocycles. The number of hydrogen-bond donors (Lipinski definition) is 1. The van der Waals surface area contributed by atoms with Crippen LogP contribution in [0.15, 0.2) is 0 Å². The zero-order valence-corrected chi connectivity index (χ0v) is 11.8. The number of ether oxygens (including phenoxy) is 1. The van der Waals surface area contributed by atoms with Crippen molar-refractivity contribution in [2.75, 3.05) is 13.2 Å². The highest BCUT2D eigenvalue weighted by Gasteiger charge is 2.59. The minimum absolute atomic E-state index is 0.341. The van der Waals surface area contributed by atoms with Crippen LogP contribution < -0.4 is 5.32 Å². The molecule has 2 saturated carbocycles. The quantitative estimate of drug-likeness (QED) is 0.812. The number of fused-ring (bicyclic) bond motifs is 1. The Morgan fingerprint density at radius 1 is 1.29 bits per heavy atom. The van der Waals surface area contributed by atoms with E-state index in [2.05, 4.69) is 33.0 Å². The van der Waals surface area contributed by atoms with E-state index in [9.17, 15) is 0 Å². The van der Waals surface area contributed by atoms with Gasteiger partial charge in [0.15, 0.2) is 0 Å². The zero-order valence-electron chi connectivity index (χ0n) is 11.8. The van der Waals surface area contributed by atoms with E-state index >= 15 is 0 Å².